The molecule has 0 radical (unpaired) electrons. The molecule has 0 aliphatic carbocycles. The van der Waals surface area contributed by atoms with E-state index in [2.05, 4.69) is 20.5 Å². The van der Waals surface area contributed by atoms with E-state index in [1.807, 2.05) is 5.38 Å². The first-order valence-electron chi connectivity index (χ1n) is 5.05. The van der Waals surface area contributed by atoms with E-state index in [9.17, 15) is 4.79 Å². The normalized spacial score (nSPS) is 10.2. The van der Waals surface area contributed by atoms with Crippen LogP contribution in [-0.2, 0) is 6.54 Å². The number of aromatic nitrogens is 3. The minimum absolute atomic E-state index is 0.0830. The summed E-state index contributed by atoms with van der Waals surface area (Å²) >= 11 is 1.56. The monoisotopic (exact) mass is 251 g/mol. The molecular weight excluding hydrogens is 238 g/mol. The summed E-state index contributed by atoms with van der Waals surface area (Å²) in [6.07, 6.45) is 3.27. The number of aromatic amines is 1. The van der Waals surface area contributed by atoms with Gasteiger partial charge >= 0.3 is 0 Å². The van der Waals surface area contributed by atoms with Crippen molar-refractivity contribution in [1.29, 1.82) is 0 Å². The Hall–Kier alpha value is -1.89. The van der Waals surface area contributed by atoms with Crippen molar-refractivity contribution in [2.75, 3.05) is 19.4 Å². The lowest BCUT2D eigenvalue weighted by Gasteiger charge is -2.10. The zero-order valence-electron chi connectivity index (χ0n) is 9.60. The third-order valence-corrected chi connectivity index (χ3v) is 2.96. The Labute approximate surface area is 103 Å². The molecule has 17 heavy (non-hydrogen) atoms. The molecule has 2 aromatic rings. The molecule has 7 heteroatoms. The third-order valence-electron chi connectivity index (χ3n) is 2.18. The molecule has 0 fully saturated rings. The second kappa shape index (κ2) is 4.96. The number of carbonyl (C=O) groups is 1. The Morgan fingerprint density at radius 3 is 3.06 bits per heavy atom. The van der Waals surface area contributed by atoms with Crippen molar-refractivity contribution in [3.05, 3.63) is 28.3 Å². The number of nitrogens with one attached hydrogen (secondary N) is 2. The highest BCUT2D eigenvalue weighted by atomic mass is 32.1. The van der Waals surface area contributed by atoms with Gasteiger partial charge < -0.3 is 10.2 Å². The molecule has 0 aromatic carbocycles. The van der Waals surface area contributed by atoms with Crippen molar-refractivity contribution in [1.82, 2.24) is 20.1 Å². The van der Waals surface area contributed by atoms with Crippen molar-refractivity contribution < 1.29 is 4.79 Å². The summed E-state index contributed by atoms with van der Waals surface area (Å²) in [7, 11) is 3.42. The fourth-order valence-corrected chi connectivity index (χ4v) is 1.88. The quantitative estimate of drug-likeness (QED) is 0.855. The van der Waals surface area contributed by atoms with E-state index in [4.69, 9.17) is 0 Å². The summed E-state index contributed by atoms with van der Waals surface area (Å²) in [5.74, 6) is 0.541. The van der Waals surface area contributed by atoms with Gasteiger partial charge in [0.15, 0.2) is 0 Å². The van der Waals surface area contributed by atoms with Gasteiger partial charge in [-0.1, -0.05) is 0 Å². The van der Waals surface area contributed by atoms with Gasteiger partial charge in [-0.05, 0) is 0 Å². The van der Waals surface area contributed by atoms with Gasteiger partial charge in [-0.3, -0.25) is 9.89 Å². The standard InChI is InChI=1S/C10H13N5OS/c1-15(2)10(16)7-5-13-14-9(7)12-6-8-11-3-4-17-8/h3-5H,6H2,1-2H3,(H2,12,13,14). The van der Waals surface area contributed by atoms with Crippen molar-refractivity contribution in [2.24, 2.45) is 0 Å². The Bertz CT molecular complexity index is 491. The zero-order valence-corrected chi connectivity index (χ0v) is 10.4. The van der Waals surface area contributed by atoms with E-state index >= 15 is 0 Å². The Morgan fingerprint density at radius 1 is 1.59 bits per heavy atom. The molecule has 0 aliphatic rings. The summed E-state index contributed by atoms with van der Waals surface area (Å²) in [5.41, 5.74) is 0.534. The first-order chi connectivity index (χ1) is 8.18. The van der Waals surface area contributed by atoms with E-state index in [-0.39, 0.29) is 5.91 Å². The molecule has 6 nitrogen and oxygen atoms in total. The molecule has 0 saturated carbocycles. The van der Waals surface area contributed by atoms with Gasteiger partial charge in [0.25, 0.3) is 5.91 Å². The highest BCUT2D eigenvalue weighted by molar-refractivity contribution is 7.09. The van der Waals surface area contributed by atoms with Crippen LogP contribution in [0.2, 0.25) is 0 Å². The van der Waals surface area contributed by atoms with Crippen molar-refractivity contribution in [3.8, 4) is 0 Å². The number of thiazole rings is 1. The number of anilines is 1. The van der Waals surface area contributed by atoms with Crippen molar-refractivity contribution in [3.63, 3.8) is 0 Å². The summed E-state index contributed by atoms with van der Waals surface area (Å²) in [4.78, 5) is 17.5. The van der Waals surface area contributed by atoms with Gasteiger partial charge in [0.1, 0.15) is 16.4 Å². The SMILES string of the molecule is CN(C)C(=O)c1cn[nH]c1NCc1nccs1. The molecule has 0 bridgehead atoms. The van der Waals surface area contributed by atoms with Crippen LogP contribution in [0.1, 0.15) is 15.4 Å². The summed E-state index contributed by atoms with van der Waals surface area (Å²) in [6, 6.07) is 0. The molecule has 2 N–H and O–H groups in total. The Balaban J connectivity index is 2.06. The second-order valence-corrected chi connectivity index (χ2v) is 4.62. The number of hydrogen-bond donors (Lipinski definition) is 2. The predicted octanol–water partition coefficient (Wildman–Crippen LogP) is 1.18. The fraction of sp³-hybridized carbons (Fsp3) is 0.300. The van der Waals surface area contributed by atoms with Gasteiger partial charge in [-0.25, -0.2) is 4.98 Å². The van der Waals surface area contributed by atoms with E-state index in [0.29, 0.717) is 17.9 Å². The smallest absolute Gasteiger partial charge is 0.258 e. The summed E-state index contributed by atoms with van der Waals surface area (Å²) < 4.78 is 0. The van der Waals surface area contributed by atoms with Crippen LogP contribution in [0.25, 0.3) is 0 Å². The van der Waals surface area contributed by atoms with Crippen LogP contribution in [-0.4, -0.2) is 40.1 Å². The van der Waals surface area contributed by atoms with Crippen LogP contribution in [0, 0.1) is 0 Å². The lowest BCUT2D eigenvalue weighted by molar-refractivity contribution is 0.0828. The first kappa shape index (κ1) is 11.6. The molecule has 0 saturated heterocycles. The number of nitrogens with zero attached hydrogens (tertiary/aromatic N) is 3. The topological polar surface area (TPSA) is 73.9 Å². The van der Waals surface area contributed by atoms with Crippen molar-refractivity contribution >= 4 is 23.1 Å². The Kier molecular flexibility index (Phi) is 3.38. The molecule has 2 heterocycles. The van der Waals surface area contributed by atoms with Crippen LogP contribution in [0.3, 0.4) is 0 Å². The molecular formula is C10H13N5OS. The largest absolute Gasteiger partial charge is 0.363 e. The lowest BCUT2D eigenvalue weighted by atomic mass is 10.3. The summed E-state index contributed by atoms with van der Waals surface area (Å²) in [6.45, 7) is 0.577. The molecule has 2 aromatic heterocycles. The molecule has 90 valence electrons. The van der Waals surface area contributed by atoms with Gasteiger partial charge in [0, 0.05) is 25.7 Å². The fourth-order valence-electron chi connectivity index (χ4n) is 1.33. The zero-order chi connectivity index (χ0) is 12.3. The molecule has 0 unspecified atom stereocenters. The van der Waals surface area contributed by atoms with Crippen LogP contribution < -0.4 is 5.32 Å². The Morgan fingerprint density at radius 2 is 2.41 bits per heavy atom. The average molecular weight is 251 g/mol. The van der Waals surface area contributed by atoms with Gasteiger partial charge in [-0.15, -0.1) is 11.3 Å². The van der Waals surface area contributed by atoms with E-state index in [1.54, 1.807) is 31.6 Å². The maximum Gasteiger partial charge on any atom is 0.258 e. The van der Waals surface area contributed by atoms with Gasteiger partial charge in [0.2, 0.25) is 0 Å². The van der Waals surface area contributed by atoms with E-state index < -0.39 is 0 Å². The third kappa shape index (κ3) is 2.62. The highest BCUT2D eigenvalue weighted by Crippen LogP contribution is 2.14. The number of hydrogen-bond acceptors (Lipinski definition) is 5. The van der Waals surface area contributed by atoms with Crippen LogP contribution in [0.15, 0.2) is 17.8 Å². The van der Waals surface area contributed by atoms with E-state index in [0.717, 1.165) is 5.01 Å². The van der Waals surface area contributed by atoms with Gasteiger partial charge in [-0.2, -0.15) is 5.10 Å². The van der Waals surface area contributed by atoms with Gasteiger partial charge in [0.05, 0.1) is 12.7 Å². The summed E-state index contributed by atoms with van der Waals surface area (Å²) in [5, 5.41) is 12.6. The highest BCUT2D eigenvalue weighted by Gasteiger charge is 2.15. The maximum absolute atomic E-state index is 11.8. The molecule has 2 rings (SSSR count). The van der Waals surface area contributed by atoms with Crippen LogP contribution in [0.4, 0.5) is 5.82 Å². The number of carbonyl (C=O) groups excluding carboxylic acids is 1. The second-order valence-electron chi connectivity index (χ2n) is 3.64. The first-order valence-corrected chi connectivity index (χ1v) is 5.93. The van der Waals surface area contributed by atoms with Crippen LogP contribution >= 0.6 is 11.3 Å². The number of rotatable bonds is 4. The number of amides is 1. The maximum atomic E-state index is 11.8. The molecule has 0 atom stereocenters. The molecule has 1 amide bonds. The van der Waals surface area contributed by atoms with Crippen LogP contribution in [0.5, 0.6) is 0 Å². The minimum Gasteiger partial charge on any atom is -0.363 e. The number of H-pyrrole nitrogens is 1. The van der Waals surface area contributed by atoms with E-state index in [1.165, 1.54) is 11.1 Å². The lowest BCUT2D eigenvalue weighted by Crippen LogP contribution is -2.22. The predicted molar refractivity (Wildman–Crippen MR) is 66.0 cm³/mol. The molecule has 0 spiro atoms. The minimum atomic E-state index is -0.0830. The van der Waals surface area contributed by atoms with Crippen molar-refractivity contribution in [2.45, 2.75) is 6.54 Å². The molecule has 0 aliphatic heterocycles. The average Bonchev–Trinajstić information content (AvgIpc) is 2.96.